The van der Waals surface area contributed by atoms with Gasteiger partial charge in [-0.15, -0.1) is 0 Å². The second kappa shape index (κ2) is 4.73. The van der Waals surface area contributed by atoms with Gasteiger partial charge in [0.25, 0.3) is 0 Å². The second-order valence-electron chi connectivity index (χ2n) is 5.12. The summed E-state index contributed by atoms with van der Waals surface area (Å²) in [5, 5.41) is 14.8. The quantitative estimate of drug-likeness (QED) is 0.866. The number of nitrogens with zero attached hydrogens (tertiary/aromatic N) is 5. The lowest BCUT2D eigenvalue weighted by molar-refractivity contribution is 0.135. The summed E-state index contributed by atoms with van der Waals surface area (Å²) >= 11 is 1.70. The summed E-state index contributed by atoms with van der Waals surface area (Å²) in [6.07, 6.45) is 0. The second-order valence-corrected chi connectivity index (χ2v) is 6.10. The minimum atomic E-state index is 0.193. The maximum atomic E-state index is 9.41. The maximum Gasteiger partial charge on any atom is 0.188 e. The standard InChI is InChI=1S/C12H19N5OS/c1-8-10-11(16(3)14-8)13-12(19-10)17-5-4-15(2)9(6-17)7-18/h9,18H,4-7H2,1-3H3/t9-/m0/s1. The van der Waals surface area contributed by atoms with Crippen molar-refractivity contribution in [2.24, 2.45) is 7.05 Å². The number of anilines is 1. The van der Waals surface area contributed by atoms with Crippen LogP contribution >= 0.6 is 11.3 Å². The summed E-state index contributed by atoms with van der Waals surface area (Å²) in [6, 6.07) is 0.194. The Bertz CT molecular complexity index is 558. The van der Waals surface area contributed by atoms with E-state index in [2.05, 4.69) is 21.9 Å². The van der Waals surface area contributed by atoms with Crippen LogP contribution in [0.25, 0.3) is 10.3 Å². The molecule has 3 heterocycles. The van der Waals surface area contributed by atoms with Gasteiger partial charge in [0.1, 0.15) is 0 Å². The Morgan fingerprint density at radius 2 is 2.16 bits per heavy atom. The highest BCUT2D eigenvalue weighted by Gasteiger charge is 2.26. The van der Waals surface area contributed by atoms with E-state index in [9.17, 15) is 5.11 Å². The number of fused-ring (bicyclic) bond motifs is 1. The number of thiazole rings is 1. The van der Waals surface area contributed by atoms with Crippen LogP contribution in [0.15, 0.2) is 0 Å². The van der Waals surface area contributed by atoms with E-state index in [1.54, 1.807) is 11.3 Å². The summed E-state index contributed by atoms with van der Waals surface area (Å²) in [6.45, 7) is 4.96. The molecule has 104 valence electrons. The van der Waals surface area contributed by atoms with Crippen LogP contribution in [0.2, 0.25) is 0 Å². The fraction of sp³-hybridized carbons (Fsp3) is 0.667. The van der Waals surface area contributed by atoms with Gasteiger partial charge in [0.2, 0.25) is 0 Å². The Morgan fingerprint density at radius 3 is 2.84 bits per heavy atom. The summed E-state index contributed by atoms with van der Waals surface area (Å²) in [4.78, 5) is 9.17. The molecule has 0 bridgehead atoms. The first-order valence-corrected chi connectivity index (χ1v) is 7.28. The molecular weight excluding hydrogens is 262 g/mol. The van der Waals surface area contributed by atoms with E-state index in [1.165, 1.54) is 0 Å². The van der Waals surface area contributed by atoms with Crippen molar-refractivity contribution in [2.75, 3.05) is 38.2 Å². The lowest BCUT2D eigenvalue weighted by Crippen LogP contribution is -2.53. The van der Waals surface area contributed by atoms with Crippen molar-refractivity contribution in [3.05, 3.63) is 5.69 Å². The third-order valence-electron chi connectivity index (χ3n) is 3.79. The number of hydrogen-bond acceptors (Lipinski definition) is 6. The summed E-state index contributed by atoms with van der Waals surface area (Å²) in [7, 11) is 3.99. The highest BCUT2D eigenvalue weighted by molar-refractivity contribution is 7.22. The van der Waals surface area contributed by atoms with E-state index in [0.29, 0.717) is 0 Å². The predicted molar refractivity (Wildman–Crippen MR) is 76.8 cm³/mol. The van der Waals surface area contributed by atoms with Crippen LogP contribution in [0.5, 0.6) is 0 Å². The van der Waals surface area contributed by atoms with Crippen molar-refractivity contribution in [3.63, 3.8) is 0 Å². The van der Waals surface area contributed by atoms with E-state index in [1.807, 2.05) is 18.7 Å². The van der Waals surface area contributed by atoms with Crippen LogP contribution in [-0.4, -0.2) is 64.1 Å². The number of aryl methyl sites for hydroxylation is 2. The first-order chi connectivity index (χ1) is 9.10. The van der Waals surface area contributed by atoms with Crippen LogP contribution in [0, 0.1) is 6.92 Å². The molecule has 2 aromatic heterocycles. The van der Waals surface area contributed by atoms with Gasteiger partial charge >= 0.3 is 0 Å². The van der Waals surface area contributed by atoms with E-state index in [4.69, 9.17) is 4.98 Å². The molecule has 0 aliphatic carbocycles. The first-order valence-electron chi connectivity index (χ1n) is 6.46. The van der Waals surface area contributed by atoms with E-state index >= 15 is 0 Å². The van der Waals surface area contributed by atoms with Crippen LogP contribution in [-0.2, 0) is 7.05 Å². The lowest BCUT2D eigenvalue weighted by atomic mass is 10.2. The molecular formula is C12H19N5OS. The van der Waals surface area contributed by atoms with Gasteiger partial charge in [-0.2, -0.15) is 5.10 Å². The Labute approximate surface area is 116 Å². The SMILES string of the molecule is Cc1nn(C)c2nc(N3CCN(C)[C@H](CO)C3)sc12. The van der Waals surface area contributed by atoms with Crippen LogP contribution < -0.4 is 4.90 Å². The zero-order valence-electron chi connectivity index (χ0n) is 11.5. The number of rotatable bonds is 2. The number of aromatic nitrogens is 3. The molecule has 19 heavy (non-hydrogen) atoms. The molecule has 1 saturated heterocycles. The molecule has 1 aliphatic rings. The summed E-state index contributed by atoms with van der Waals surface area (Å²) in [5.41, 5.74) is 1.99. The van der Waals surface area contributed by atoms with Crippen molar-refractivity contribution in [2.45, 2.75) is 13.0 Å². The molecule has 7 heteroatoms. The molecule has 0 amide bonds. The third kappa shape index (κ3) is 2.11. The van der Waals surface area contributed by atoms with Crippen LogP contribution in [0.1, 0.15) is 5.69 Å². The normalized spacial score (nSPS) is 21.5. The Hall–Kier alpha value is -1.18. The van der Waals surface area contributed by atoms with Gasteiger partial charge in [-0.25, -0.2) is 9.67 Å². The number of piperazine rings is 1. The topological polar surface area (TPSA) is 57.4 Å². The molecule has 1 fully saturated rings. The van der Waals surface area contributed by atoms with Crippen molar-refractivity contribution in [1.29, 1.82) is 0 Å². The molecule has 6 nitrogen and oxygen atoms in total. The molecule has 1 N–H and O–H groups in total. The molecule has 0 spiro atoms. The number of hydrogen-bond donors (Lipinski definition) is 1. The predicted octanol–water partition coefficient (Wildman–Crippen LogP) is 0.451. The van der Waals surface area contributed by atoms with Gasteiger partial charge in [-0.05, 0) is 14.0 Å². The van der Waals surface area contributed by atoms with Crippen molar-refractivity contribution in [3.8, 4) is 0 Å². The third-order valence-corrected chi connectivity index (χ3v) is 5.01. The Kier molecular flexibility index (Phi) is 3.20. The average molecular weight is 281 g/mol. The molecule has 1 aliphatic heterocycles. The van der Waals surface area contributed by atoms with Gasteiger partial charge in [0.15, 0.2) is 10.8 Å². The largest absolute Gasteiger partial charge is 0.395 e. The van der Waals surface area contributed by atoms with Gasteiger partial charge in [0, 0.05) is 26.7 Å². The van der Waals surface area contributed by atoms with Crippen molar-refractivity contribution >= 4 is 26.8 Å². The van der Waals surface area contributed by atoms with Gasteiger partial charge in [0.05, 0.1) is 23.0 Å². The fourth-order valence-corrected chi connectivity index (χ4v) is 3.59. The smallest absolute Gasteiger partial charge is 0.188 e. The highest BCUT2D eigenvalue weighted by Crippen LogP contribution is 2.31. The first kappa shape index (κ1) is 12.8. The zero-order valence-corrected chi connectivity index (χ0v) is 12.3. The summed E-state index contributed by atoms with van der Waals surface area (Å²) < 4.78 is 3.00. The van der Waals surface area contributed by atoms with E-state index in [-0.39, 0.29) is 12.6 Å². The number of aliphatic hydroxyl groups is 1. The van der Waals surface area contributed by atoms with Crippen LogP contribution in [0.4, 0.5) is 5.13 Å². The molecule has 0 radical (unpaired) electrons. The van der Waals surface area contributed by atoms with Gasteiger partial charge < -0.3 is 10.0 Å². The monoisotopic (exact) mass is 281 g/mol. The summed E-state index contributed by atoms with van der Waals surface area (Å²) in [5.74, 6) is 0. The minimum Gasteiger partial charge on any atom is -0.395 e. The number of aliphatic hydroxyl groups excluding tert-OH is 1. The molecule has 2 aromatic rings. The van der Waals surface area contributed by atoms with E-state index < -0.39 is 0 Å². The van der Waals surface area contributed by atoms with Gasteiger partial charge in [-0.1, -0.05) is 11.3 Å². The zero-order chi connectivity index (χ0) is 13.6. The molecule has 0 aromatic carbocycles. The van der Waals surface area contributed by atoms with Crippen molar-refractivity contribution < 1.29 is 5.11 Å². The molecule has 0 unspecified atom stereocenters. The van der Waals surface area contributed by atoms with Crippen LogP contribution in [0.3, 0.4) is 0 Å². The Morgan fingerprint density at radius 1 is 1.37 bits per heavy atom. The average Bonchev–Trinajstić information content (AvgIpc) is 2.93. The minimum absolute atomic E-state index is 0.193. The molecule has 1 atom stereocenters. The molecule has 3 rings (SSSR count). The highest BCUT2D eigenvalue weighted by atomic mass is 32.1. The fourth-order valence-electron chi connectivity index (χ4n) is 2.53. The lowest BCUT2D eigenvalue weighted by Gasteiger charge is -2.38. The van der Waals surface area contributed by atoms with Gasteiger partial charge in [-0.3, -0.25) is 4.90 Å². The maximum absolute atomic E-state index is 9.41. The van der Waals surface area contributed by atoms with Crippen molar-refractivity contribution in [1.82, 2.24) is 19.7 Å². The Balaban J connectivity index is 1.90. The van der Waals surface area contributed by atoms with E-state index in [0.717, 1.165) is 40.8 Å². The molecule has 0 saturated carbocycles. The number of likely N-dealkylation sites (N-methyl/N-ethyl adjacent to an activating group) is 1.